The molecule has 146 valence electrons. The van der Waals surface area contributed by atoms with E-state index < -0.39 is 17.4 Å². The summed E-state index contributed by atoms with van der Waals surface area (Å²) >= 11 is 0. The van der Waals surface area contributed by atoms with Crippen LogP contribution in [0.4, 0.5) is 13.2 Å². The Bertz CT molecular complexity index is 594. The van der Waals surface area contributed by atoms with Crippen molar-refractivity contribution >= 4 is 6.21 Å². The van der Waals surface area contributed by atoms with Gasteiger partial charge < -0.3 is 9.84 Å². The topological polar surface area (TPSA) is 45.1 Å². The van der Waals surface area contributed by atoms with Crippen LogP contribution in [0.2, 0.25) is 0 Å². The molecule has 0 radical (unpaired) electrons. The highest BCUT2D eigenvalue weighted by molar-refractivity contribution is 5.72. The number of hydrogen-bond donors (Lipinski definition) is 1. The highest BCUT2D eigenvalue weighted by atomic mass is 19.4. The quantitative estimate of drug-likeness (QED) is 0.733. The van der Waals surface area contributed by atoms with Crippen LogP contribution in [0, 0.1) is 0 Å². The molecular formula is C19H27F3N2O2. The molecule has 0 aliphatic carbocycles. The molecule has 26 heavy (non-hydrogen) atoms. The van der Waals surface area contributed by atoms with Gasteiger partial charge in [-0.3, -0.25) is 5.01 Å². The zero-order valence-corrected chi connectivity index (χ0v) is 15.5. The molecule has 0 spiro atoms. The maximum Gasteiger partial charge on any atom is 0.426 e. The van der Waals surface area contributed by atoms with Gasteiger partial charge in [-0.1, -0.05) is 44.2 Å². The van der Waals surface area contributed by atoms with Crippen LogP contribution in [-0.4, -0.2) is 47.8 Å². The first kappa shape index (κ1) is 20.7. The van der Waals surface area contributed by atoms with E-state index in [1.54, 1.807) is 18.2 Å². The molecular weight excluding hydrogens is 345 g/mol. The Balaban J connectivity index is 2.35. The fourth-order valence-corrected chi connectivity index (χ4v) is 3.73. The summed E-state index contributed by atoms with van der Waals surface area (Å²) in [5, 5.41) is 16.1. The molecule has 7 heteroatoms. The van der Waals surface area contributed by atoms with Crippen molar-refractivity contribution in [3.05, 3.63) is 35.9 Å². The van der Waals surface area contributed by atoms with Crippen LogP contribution >= 0.6 is 0 Å². The molecule has 0 saturated carbocycles. The maximum atomic E-state index is 13.6. The second-order valence-corrected chi connectivity index (χ2v) is 6.67. The number of methoxy groups -OCH3 is 1. The van der Waals surface area contributed by atoms with Crippen molar-refractivity contribution in [3.8, 4) is 0 Å². The van der Waals surface area contributed by atoms with Gasteiger partial charge in [0.2, 0.25) is 5.60 Å². The second-order valence-electron chi connectivity index (χ2n) is 6.67. The third kappa shape index (κ3) is 3.74. The number of nitrogens with zero attached hydrogens (tertiary/aromatic N) is 2. The van der Waals surface area contributed by atoms with Crippen LogP contribution in [0.5, 0.6) is 0 Å². The summed E-state index contributed by atoms with van der Waals surface area (Å²) in [5.74, 6) is 0. The van der Waals surface area contributed by atoms with E-state index in [1.807, 2.05) is 13.8 Å². The fraction of sp³-hybridized carbons (Fsp3) is 0.632. The summed E-state index contributed by atoms with van der Waals surface area (Å²) in [6.45, 7) is 4.54. The molecule has 0 amide bonds. The van der Waals surface area contributed by atoms with Crippen molar-refractivity contribution < 1.29 is 23.0 Å². The van der Waals surface area contributed by atoms with Gasteiger partial charge in [0.15, 0.2) is 0 Å². The maximum absolute atomic E-state index is 13.6. The lowest BCUT2D eigenvalue weighted by molar-refractivity contribution is -0.234. The van der Waals surface area contributed by atoms with Crippen molar-refractivity contribution in [2.24, 2.45) is 5.10 Å². The Morgan fingerprint density at radius 3 is 2.35 bits per heavy atom. The molecule has 0 aromatic heterocycles. The van der Waals surface area contributed by atoms with Gasteiger partial charge in [0, 0.05) is 13.7 Å². The van der Waals surface area contributed by atoms with Crippen molar-refractivity contribution in [1.29, 1.82) is 0 Å². The van der Waals surface area contributed by atoms with Gasteiger partial charge in [0.05, 0.1) is 17.9 Å². The van der Waals surface area contributed by atoms with E-state index in [-0.39, 0.29) is 11.6 Å². The number of ether oxygens (including phenoxy) is 1. The first-order valence-electron chi connectivity index (χ1n) is 8.95. The highest BCUT2D eigenvalue weighted by Crippen LogP contribution is 2.39. The Labute approximate surface area is 152 Å². The van der Waals surface area contributed by atoms with Gasteiger partial charge in [-0.05, 0) is 31.2 Å². The molecule has 1 aliphatic heterocycles. The van der Waals surface area contributed by atoms with Crippen LogP contribution in [0.25, 0.3) is 0 Å². The lowest BCUT2D eigenvalue weighted by Crippen LogP contribution is -2.49. The second kappa shape index (κ2) is 7.96. The third-order valence-corrected chi connectivity index (χ3v) is 5.47. The predicted molar refractivity (Wildman–Crippen MR) is 94.9 cm³/mol. The minimum Gasteiger partial charge on any atom is -0.376 e. The zero-order chi connectivity index (χ0) is 19.4. The lowest BCUT2D eigenvalue weighted by Gasteiger charge is -2.40. The lowest BCUT2D eigenvalue weighted by atomic mass is 9.87. The van der Waals surface area contributed by atoms with E-state index in [4.69, 9.17) is 4.74 Å². The van der Waals surface area contributed by atoms with Crippen LogP contribution in [0.1, 0.15) is 45.1 Å². The first-order valence-corrected chi connectivity index (χ1v) is 8.95. The Morgan fingerprint density at radius 1 is 1.23 bits per heavy atom. The fourth-order valence-electron chi connectivity index (χ4n) is 3.73. The molecule has 0 unspecified atom stereocenters. The SMILES string of the molecule is CCC(CC)(OC)[C@@H]1CCCN1/N=C/[C@@](O)(c1ccccc1)C(F)(F)F. The van der Waals surface area contributed by atoms with E-state index in [0.717, 1.165) is 25.7 Å². The molecule has 1 fully saturated rings. The molecule has 2 atom stereocenters. The van der Waals surface area contributed by atoms with Gasteiger partial charge in [-0.15, -0.1) is 0 Å². The van der Waals surface area contributed by atoms with Crippen LogP contribution < -0.4 is 0 Å². The van der Waals surface area contributed by atoms with Crippen LogP contribution in [-0.2, 0) is 10.3 Å². The molecule has 1 aromatic rings. The van der Waals surface area contributed by atoms with E-state index in [1.165, 1.54) is 24.3 Å². The Morgan fingerprint density at radius 2 is 1.85 bits per heavy atom. The van der Waals surface area contributed by atoms with Gasteiger partial charge in [0.25, 0.3) is 0 Å². The number of hydrazone groups is 1. The van der Waals surface area contributed by atoms with E-state index in [2.05, 4.69) is 5.10 Å². The minimum absolute atomic E-state index is 0.119. The number of benzene rings is 1. The van der Waals surface area contributed by atoms with Crippen LogP contribution in [0.15, 0.2) is 35.4 Å². The monoisotopic (exact) mass is 372 g/mol. The first-order chi connectivity index (χ1) is 12.2. The van der Waals surface area contributed by atoms with Gasteiger partial charge in [-0.2, -0.15) is 18.3 Å². The number of alkyl halides is 3. The summed E-state index contributed by atoms with van der Waals surface area (Å²) in [4.78, 5) is 0. The summed E-state index contributed by atoms with van der Waals surface area (Å²) in [7, 11) is 1.63. The standard InChI is InChI=1S/C19H27F3N2O2/c1-4-17(5-2,26-3)16-12-9-13-24(16)23-14-18(25,19(20,21)22)15-10-7-6-8-11-15/h6-8,10-11,14,16,25H,4-5,9,12-13H2,1-3H3/b23-14+/t16-,18+/m0/s1. The molecule has 1 aliphatic rings. The van der Waals surface area contributed by atoms with E-state index in [9.17, 15) is 18.3 Å². The van der Waals surface area contributed by atoms with Crippen molar-refractivity contribution in [2.45, 2.75) is 63.0 Å². The van der Waals surface area contributed by atoms with Gasteiger partial charge in [0.1, 0.15) is 0 Å². The number of hydrogen-bond acceptors (Lipinski definition) is 4. The largest absolute Gasteiger partial charge is 0.426 e. The molecule has 1 saturated heterocycles. The number of rotatable bonds is 7. The highest BCUT2D eigenvalue weighted by Gasteiger charge is 2.54. The normalized spacial score (nSPS) is 21.3. The predicted octanol–water partition coefficient (Wildman–Crippen LogP) is 4.09. The van der Waals surface area contributed by atoms with E-state index in [0.29, 0.717) is 12.8 Å². The van der Waals surface area contributed by atoms with Gasteiger partial charge >= 0.3 is 6.18 Å². The number of halogens is 3. The minimum atomic E-state index is -4.87. The van der Waals surface area contributed by atoms with E-state index >= 15 is 0 Å². The summed E-state index contributed by atoms with van der Waals surface area (Å²) < 4.78 is 46.6. The van der Waals surface area contributed by atoms with Crippen molar-refractivity contribution in [2.75, 3.05) is 13.7 Å². The van der Waals surface area contributed by atoms with Gasteiger partial charge in [-0.25, -0.2) is 0 Å². The third-order valence-electron chi connectivity index (χ3n) is 5.47. The van der Waals surface area contributed by atoms with Crippen molar-refractivity contribution in [1.82, 2.24) is 5.01 Å². The summed E-state index contributed by atoms with van der Waals surface area (Å²) in [5.41, 5.74) is -3.84. The smallest absolute Gasteiger partial charge is 0.376 e. The molecule has 4 nitrogen and oxygen atoms in total. The Hall–Kier alpha value is -1.60. The Kier molecular flexibility index (Phi) is 6.34. The summed E-state index contributed by atoms with van der Waals surface area (Å²) in [6, 6.07) is 6.90. The van der Waals surface area contributed by atoms with Crippen LogP contribution in [0.3, 0.4) is 0 Å². The van der Waals surface area contributed by atoms with Crippen molar-refractivity contribution in [3.63, 3.8) is 0 Å². The molecule has 1 N–H and O–H groups in total. The molecule has 2 rings (SSSR count). The number of aliphatic hydroxyl groups is 1. The average Bonchev–Trinajstić information content (AvgIpc) is 3.11. The summed E-state index contributed by atoms with van der Waals surface area (Å²) in [6.07, 6.45) is -1.17. The molecule has 1 aromatic carbocycles. The molecule has 1 heterocycles. The average molecular weight is 372 g/mol. The zero-order valence-electron chi connectivity index (χ0n) is 15.5. The molecule has 0 bridgehead atoms.